The van der Waals surface area contributed by atoms with Gasteiger partial charge in [0.05, 0.1) is 18.8 Å². The highest BCUT2D eigenvalue weighted by Crippen LogP contribution is 2.41. The Bertz CT molecular complexity index is 880. The van der Waals surface area contributed by atoms with E-state index in [4.69, 9.17) is 4.74 Å². The van der Waals surface area contributed by atoms with Gasteiger partial charge in [-0.15, -0.1) is 0 Å². The zero-order valence-electron chi connectivity index (χ0n) is 16.5. The van der Waals surface area contributed by atoms with Gasteiger partial charge in [0.25, 0.3) is 5.91 Å². The van der Waals surface area contributed by atoms with Crippen molar-refractivity contribution in [3.05, 3.63) is 70.8 Å². The van der Waals surface area contributed by atoms with Crippen LogP contribution in [0.15, 0.2) is 48.5 Å². The summed E-state index contributed by atoms with van der Waals surface area (Å²) in [7, 11) is 0. The molecule has 29 heavy (non-hydrogen) atoms. The normalized spacial score (nSPS) is 22.3. The first kappa shape index (κ1) is 19.6. The summed E-state index contributed by atoms with van der Waals surface area (Å²) in [5.41, 5.74) is 3.35. The predicted molar refractivity (Wildman–Crippen MR) is 111 cm³/mol. The summed E-state index contributed by atoms with van der Waals surface area (Å²) >= 11 is 0. The van der Waals surface area contributed by atoms with Gasteiger partial charge in [-0.1, -0.05) is 30.3 Å². The van der Waals surface area contributed by atoms with Crippen molar-refractivity contribution < 1.29 is 19.4 Å². The number of carboxylic acid groups (broad SMARTS) is 1. The van der Waals surface area contributed by atoms with Gasteiger partial charge >= 0.3 is 5.97 Å². The molecule has 2 aromatic carbocycles. The largest absolute Gasteiger partial charge is 0.478 e. The molecule has 4 rings (SSSR count). The molecule has 0 spiro atoms. The van der Waals surface area contributed by atoms with E-state index in [1.165, 1.54) is 5.56 Å². The van der Waals surface area contributed by atoms with E-state index in [1.807, 2.05) is 35.2 Å². The third kappa shape index (κ3) is 4.35. The number of amides is 1. The lowest BCUT2D eigenvalue weighted by Gasteiger charge is -2.30. The maximum Gasteiger partial charge on any atom is 0.335 e. The molecule has 1 amide bonds. The molecule has 1 N–H and O–H groups in total. The second-order valence-corrected chi connectivity index (χ2v) is 7.97. The third-order valence-electron chi connectivity index (χ3n) is 6.26. The Labute approximate surface area is 171 Å². The molecule has 1 aliphatic carbocycles. The van der Waals surface area contributed by atoms with Gasteiger partial charge in [0.2, 0.25) is 0 Å². The molecule has 5 heteroatoms. The van der Waals surface area contributed by atoms with Crippen molar-refractivity contribution in [3.8, 4) is 0 Å². The molecule has 1 saturated carbocycles. The van der Waals surface area contributed by atoms with Crippen LogP contribution >= 0.6 is 0 Å². The molecule has 0 atom stereocenters. The highest BCUT2D eigenvalue weighted by atomic mass is 16.5. The number of carbonyl (C=O) groups excluding carboxylic acids is 1. The van der Waals surface area contributed by atoms with E-state index < -0.39 is 5.97 Å². The minimum Gasteiger partial charge on any atom is -0.478 e. The predicted octanol–water partition coefficient (Wildman–Crippen LogP) is 4.30. The molecule has 2 fully saturated rings. The summed E-state index contributed by atoms with van der Waals surface area (Å²) in [4.78, 5) is 26.2. The molecular formula is C24H27NO4. The van der Waals surface area contributed by atoms with Crippen LogP contribution in [0.5, 0.6) is 0 Å². The van der Waals surface area contributed by atoms with E-state index in [9.17, 15) is 14.7 Å². The summed E-state index contributed by atoms with van der Waals surface area (Å²) in [6.07, 6.45) is 3.95. The van der Waals surface area contributed by atoms with E-state index >= 15 is 0 Å². The fourth-order valence-electron chi connectivity index (χ4n) is 4.66. The van der Waals surface area contributed by atoms with Crippen LogP contribution in [0.3, 0.4) is 0 Å². The Hall–Kier alpha value is -2.66. The second-order valence-electron chi connectivity index (χ2n) is 7.97. The molecule has 0 unspecified atom stereocenters. The van der Waals surface area contributed by atoms with Crippen molar-refractivity contribution in [1.82, 2.24) is 4.90 Å². The van der Waals surface area contributed by atoms with Crippen molar-refractivity contribution in [2.24, 2.45) is 0 Å². The van der Waals surface area contributed by atoms with Crippen molar-refractivity contribution in [3.63, 3.8) is 0 Å². The van der Waals surface area contributed by atoms with Crippen molar-refractivity contribution >= 4 is 11.9 Å². The third-order valence-corrected chi connectivity index (χ3v) is 6.26. The smallest absolute Gasteiger partial charge is 0.335 e. The Kier molecular flexibility index (Phi) is 5.95. The number of carboxylic acids is 1. The molecule has 2 aromatic rings. The van der Waals surface area contributed by atoms with E-state index in [0.717, 1.165) is 36.8 Å². The Morgan fingerprint density at radius 1 is 0.897 bits per heavy atom. The molecule has 0 aromatic heterocycles. The number of morpholine rings is 1. The van der Waals surface area contributed by atoms with Gasteiger partial charge in [0.15, 0.2) is 0 Å². The van der Waals surface area contributed by atoms with E-state index in [-0.39, 0.29) is 11.8 Å². The molecule has 1 saturated heterocycles. The number of hydrogen-bond donors (Lipinski definition) is 1. The first-order valence-corrected chi connectivity index (χ1v) is 10.4. The fraction of sp³-hybridized carbons (Fsp3) is 0.417. The van der Waals surface area contributed by atoms with E-state index in [0.29, 0.717) is 37.8 Å². The lowest BCUT2D eigenvalue weighted by Crippen LogP contribution is -2.40. The average molecular weight is 393 g/mol. The van der Waals surface area contributed by atoms with Gasteiger partial charge in [-0.25, -0.2) is 4.79 Å². The zero-order valence-corrected chi connectivity index (χ0v) is 16.5. The van der Waals surface area contributed by atoms with Crippen molar-refractivity contribution in [1.29, 1.82) is 0 Å². The van der Waals surface area contributed by atoms with Crippen LogP contribution in [0.2, 0.25) is 0 Å². The monoisotopic (exact) mass is 393 g/mol. The number of benzene rings is 2. The van der Waals surface area contributed by atoms with Gasteiger partial charge in [0, 0.05) is 18.7 Å². The van der Waals surface area contributed by atoms with Crippen LogP contribution in [-0.4, -0.2) is 48.2 Å². The average Bonchev–Trinajstić information content (AvgIpc) is 2.79. The molecule has 0 radical (unpaired) electrons. The number of hydrogen-bond acceptors (Lipinski definition) is 3. The lowest BCUT2D eigenvalue weighted by molar-refractivity contribution is 0.0303. The minimum absolute atomic E-state index is 0.0826. The number of carbonyl (C=O) groups is 2. The topological polar surface area (TPSA) is 66.8 Å². The first-order valence-electron chi connectivity index (χ1n) is 10.4. The zero-order chi connectivity index (χ0) is 20.2. The van der Waals surface area contributed by atoms with Gasteiger partial charge in [-0.3, -0.25) is 4.79 Å². The van der Waals surface area contributed by atoms with Crippen LogP contribution < -0.4 is 0 Å². The molecule has 1 aliphatic heterocycles. The summed E-state index contributed by atoms with van der Waals surface area (Å²) in [5.74, 6) is -0.0614. The lowest BCUT2D eigenvalue weighted by atomic mass is 9.75. The van der Waals surface area contributed by atoms with Crippen LogP contribution in [0.25, 0.3) is 0 Å². The maximum atomic E-state index is 12.8. The van der Waals surface area contributed by atoms with E-state index in [1.54, 1.807) is 12.1 Å². The number of ether oxygens (including phenoxy) is 1. The van der Waals surface area contributed by atoms with Gasteiger partial charge in [-0.2, -0.15) is 0 Å². The van der Waals surface area contributed by atoms with Crippen LogP contribution in [0.4, 0.5) is 0 Å². The van der Waals surface area contributed by atoms with E-state index in [2.05, 4.69) is 6.07 Å². The van der Waals surface area contributed by atoms with Crippen LogP contribution in [-0.2, 0) is 4.74 Å². The van der Waals surface area contributed by atoms with Crippen molar-refractivity contribution in [2.45, 2.75) is 37.5 Å². The fourth-order valence-corrected chi connectivity index (χ4v) is 4.66. The number of nitrogens with zero attached hydrogens (tertiary/aromatic N) is 1. The second kappa shape index (κ2) is 8.78. The van der Waals surface area contributed by atoms with Crippen LogP contribution in [0, 0.1) is 0 Å². The molecule has 0 bridgehead atoms. The summed E-state index contributed by atoms with van der Waals surface area (Å²) in [6, 6.07) is 15.4. The quantitative estimate of drug-likeness (QED) is 0.841. The van der Waals surface area contributed by atoms with Gasteiger partial charge < -0.3 is 14.7 Å². The number of aromatic carboxylic acids is 1. The Balaban J connectivity index is 1.44. The molecule has 5 nitrogen and oxygen atoms in total. The molecule has 1 heterocycles. The number of rotatable bonds is 4. The molecular weight excluding hydrogens is 366 g/mol. The summed E-state index contributed by atoms with van der Waals surface area (Å²) in [5, 5.41) is 9.47. The highest BCUT2D eigenvalue weighted by molar-refractivity contribution is 5.94. The Morgan fingerprint density at radius 3 is 2.31 bits per heavy atom. The highest BCUT2D eigenvalue weighted by Gasteiger charge is 2.27. The minimum atomic E-state index is -0.850. The van der Waals surface area contributed by atoms with Gasteiger partial charge in [-0.05, 0) is 66.8 Å². The molecule has 2 aliphatic rings. The standard InChI is InChI=1S/C24H27NO4/c26-23(25-12-14-29-15-13-25)20-5-3-4-19(16-20)17-8-10-18(11-9-17)21-6-1-2-7-22(21)24(27)28/h1-7,16-18H,8-15H2,(H,27,28). The maximum absolute atomic E-state index is 12.8. The van der Waals surface area contributed by atoms with Crippen molar-refractivity contribution in [2.75, 3.05) is 26.3 Å². The van der Waals surface area contributed by atoms with Crippen LogP contribution in [0.1, 0.15) is 69.4 Å². The SMILES string of the molecule is O=C(O)c1ccccc1C1CCC(c2cccc(C(=O)N3CCOCC3)c2)CC1. The summed E-state index contributed by atoms with van der Waals surface area (Å²) < 4.78 is 5.34. The van der Waals surface area contributed by atoms with Gasteiger partial charge in [0.1, 0.15) is 0 Å². The molecule has 152 valence electrons. The Morgan fingerprint density at radius 2 is 1.59 bits per heavy atom. The first-order chi connectivity index (χ1) is 14.1. The summed E-state index contributed by atoms with van der Waals surface area (Å²) in [6.45, 7) is 2.51.